The average molecular weight is 234 g/mol. The molecule has 2 aromatic rings. The van der Waals surface area contributed by atoms with Crippen molar-refractivity contribution in [3.05, 3.63) is 40.8 Å². The first-order chi connectivity index (χ1) is 7.65. The van der Waals surface area contributed by atoms with Crippen molar-refractivity contribution in [1.29, 1.82) is 0 Å². The van der Waals surface area contributed by atoms with Crippen LogP contribution >= 0.6 is 11.5 Å². The average Bonchev–Trinajstić information content (AvgIpc) is 2.64. The van der Waals surface area contributed by atoms with Crippen LogP contribution in [0.15, 0.2) is 30.3 Å². The Balaban J connectivity index is 2.14. The first-order valence-corrected chi connectivity index (χ1v) is 5.46. The fourth-order valence-corrected chi connectivity index (χ4v) is 1.77. The minimum atomic E-state index is -0.277. The normalized spacial score (nSPS) is 10.1. The Kier molecular flexibility index (Phi) is 2.87. The van der Waals surface area contributed by atoms with E-state index in [1.54, 1.807) is 18.2 Å². The van der Waals surface area contributed by atoms with Gasteiger partial charge >= 0.3 is 0 Å². The highest BCUT2D eigenvalue weighted by Gasteiger charge is 2.08. The van der Waals surface area contributed by atoms with Crippen LogP contribution < -0.4 is 5.32 Å². The number of aryl methyl sites for hydroxylation is 1. The zero-order valence-electron chi connectivity index (χ0n) is 8.60. The number of phenols is 1. The van der Waals surface area contributed by atoms with E-state index in [-0.39, 0.29) is 11.7 Å². The van der Waals surface area contributed by atoms with Crippen LogP contribution in [0.5, 0.6) is 5.75 Å². The van der Waals surface area contributed by atoms with E-state index in [4.69, 9.17) is 0 Å². The number of nitrogens with zero attached hydrogens (tertiary/aromatic N) is 1. The molecule has 0 unspecified atom stereocenters. The molecule has 0 aliphatic carbocycles. The van der Waals surface area contributed by atoms with E-state index < -0.39 is 0 Å². The lowest BCUT2D eigenvalue weighted by atomic mass is 10.2. The van der Waals surface area contributed by atoms with Gasteiger partial charge in [0.2, 0.25) is 0 Å². The van der Waals surface area contributed by atoms with E-state index in [0.717, 1.165) is 4.88 Å². The summed E-state index contributed by atoms with van der Waals surface area (Å²) in [6.45, 7) is 1.92. The van der Waals surface area contributed by atoms with Crippen molar-refractivity contribution in [2.45, 2.75) is 6.92 Å². The molecule has 0 radical (unpaired) electrons. The lowest BCUT2D eigenvalue weighted by molar-refractivity contribution is 0.102. The summed E-state index contributed by atoms with van der Waals surface area (Å²) < 4.78 is 4.05. The summed E-state index contributed by atoms with van der Waals surface area (Å²) in [6.07, 6.45) is 0. The summed E-state index contributed by atoms with van der Waals surface area (Å²) >= 11 is 1.33. The lowest BCUT2D eigenvalue weighted by Crippen LogP contribution is -2.11. The Hall–Kier alpha value is -1.88. The molecule has 1 aromatic carbocycles. The summed E-state index contributed by atoms with van der Waals surface area (Å²) in [5.74, 6) is 0.333. The van der Waals surface area contributed by atoms with E-state index in [1.807, 2.05) is 6.92 Å². The molecule has 0 saturated carbocycles. The van der Waals surface area contributed by atoms with Gasteiger partial charge in [-0.15, -0.1) is 0 Å². The number of hydrogen-bond acceptors (Lipinski definition) is 4. The van der Waals surface area contributed by atoms with Crippen LogP contribution in [0, 0.1) is 6.92 Å². The van der Waals surface area contributed by atoms with E-state index in [1.165, 1.54) is 23.7 Å². The fraction of sp³-hybridized carbons (Fsp3) is 0.0909. The van der Waals surface area contributed by atoms with Crippen molar-refractivity contribution in [2.24, 2.45) is 0 Å². The highest BCUT2D eigenvalue weighted by atomic mass is 32.1. The maximum absolute atomic E-state index is 11.7. The van der Waals surface area contributed by atoms with Gasteiger partial charge in [-0.3, -0.25) is 4.79 Å². The van der Waals surface area contributed by atoms with Gasteiger partial charge in [-0.25, -0.2) is 0 Å². The summed E-state index contributed by atoms with van der Waals surface area (Å²) in [4.78, 5) is 12.8. The SMILES string of the molecule is Cc1cc(NC(=O)c2cccc(O)c2)ns1. The smallest absolute Gasteiger partial charge is 0.256 e. The van der Waals surface area contributed by atoms with Crippen molar-refractivity contribution in [3.63, 3.8) is 0 Å². The zero-order chi connectivity index (χ0) is 11.5. The third kappa shape index (κ3) is 2.38. The molecule has 0 aliphatic rings. The van der Waals surface area contributed by atoms with Gasteiger partial charge in [0, 0.05) is 10.4 Å². The van der Waals surface area contributed by atoms with E-state index >= 15 is 0 Å². The summed E-state index contributed by atoms with van der Waals surface area (Å²) in [7, 11) is 0. The Morgan fingerprint density at radius 3 is 2.88 bits per heavy atom. The number of carbonyl (C=O) groups is 1. The maximum Gasteiger partial charge on any atom is 0.256 e. The van der Waals surface area contributed by atoms with Crippen LogP contribution in [-0.4, -0.2) is 15.4 Å². The zero-order valence-corrected chi connectivity index (χ0v) is 9.41. The van der Waals surface area contributed by atoms with Crippen LogP contribution in [0.25, 0.3) is 0 Å². The molecule has 0 saturated heterocycles. The highest BCUT2D eigenvalue weighted by Crippen LogP contribution is 2.15. The Labute approximate surface area is 96.7 Å². The predicted molar refractivity (Wildman–Crippen MR) is 62.9 cm³/mol. The standard InChI is InChI=1S/C11H10N2O2S/c1-7-5-10(13-16-7)12-11(15)8-3-2-4-9(14)6-8/h2-6,14H,1H3,(H,12,13,15). The Morgan fingerprint density at radius 1 is 1.44 bits per heavy atom. The molecule has 0 bridgehead atoms. The molecule has 1 aromatic heterocycles. The number of hydrogen-bond donors (Lipinski definition) is 2. The Morgan fingerprint density at radius 2 is 2.25 bits per heavy atom. The quantitative estimate of drug-likeness (QED) is 0.838. The van der Waals surface area contributed by atoms with Gasteiger partial charge < -0.3 is 10.4 Å². The number of anilines is 1. The van der Waals surface area contributed by atoms with E-state index in [0.29, 0.717) is 11.4 Å². The first-order valence-electron chi connectivity index (χ1n) is 4.69. The molecule has 0 aliphatic heterocycles. The molecule has 16 heavy (non-hydrogen) atoms. The van der Waals surface area contributed by atoms with Crippen molar-refractivity contribution in [2.75, 3.05) is 5.32 Å². The third-order valence-electron chi connectivity index (χ3n) is 1.98. The molecule has 82 valence electrons. The number of amides is 1. The fourth-order valence-electron chi connectivity index (χ4n) is 1.26. The van der Waals surface area contributed by atoms with Gasteiger partial charge in [-0.1, -0.05) is 6.07 Å². The molecule has 4 nitrogen and oxygen atoms in total. The van der Waals surface area contributed by atoms with E-state index in [2.05, 4.69) is 9.69 Å². The van der Waals surface area contributed by atoms with E-state index in [9.17, 15) is 9.90 Å². The molecule has 0 spiro atoms. The molecular weight excluding hydrogens is 224 g/mol. The summed E-state index contributed by atoms with van der Waals surface area (Å²) in [6, 6.07) is 7.98. The van der Waals surface area contributed by atoms with Gasteiger partial charge in [-0.2, -0.15) is 4.37 Å². The molecule has 1 amide bonds. The van der Waals surface area contributed by atoms with Gasteiger partial charge in [0.15, 0.2) is 0 Å². The van der Waals surface area contributed by atoms with Crippen LogP contribution in [0.2, 0.25) is 0 Å². The number of rotatable bonds is 2. The second-order valence-corrected chi connectivity index (χ2v) is 4.34. The van der Waals surface area contributed by atoms with Crippen molar-refractivity contribution in [3.8, 4) is 5.75 Å². The molecule has 5 heteroatoms. The van der Waals surface area contributed by atoms with Gasteiger partial charge in [0.1, 0.15) is 11.6 Å². The van der Waals surface area contributed by atoms with Crippen LogP contribution in [0.4, 0.5) is 5.82 Å². The third-order valence-corrected chi connectivity index (χ3v) is 2.67. The summed E-state index contributed by atoms with van der Waals surface area (Å²) in [5, 5.41) is 11.9. The molecule has 0 atom stereocenters. The van der Waals surface area contributed by atoms with Gasteiger partial charge in [0.25, 0.3) is 5.91 Å². The monoisotopic (exact) mass is 234 g/mol. The molecule has 2 N–H and O–H groups in total. The van der Waals surface area contributed by atoms with Crippen LogP contribution in [0.3, 0.4) is 0 Å². The number of aromatic hydroxyl groups is 1. The number of phenolic OH excluding ortho intramolecular Hbond substituents is 1. The predicted octanol–water partition coefficient (Wildman–Crippen LogP) is 2.41. The van der Waals surface area contributed by atoms with Gasteiger partial charge in [0.05, 0.1) is 0 Å². The topological polar surface area (TPSA) is 62.2 Å². The van der Waals surface area contributed by atoms with Crippen LogP contribution in [0.1, 0.15) is 15.2 Å². The number of aromatic nitrogens is 1. The Bertz CT molecular complexity index is 522. The minimum Gasteiger partial charge on any atom is -0.508 e. The first kappa shape index (κ1) is 10.6. The van der Waals surface area contributed by atoms with Crippen molar-refractivity contribution < 1.29 is 9.90 Å². The number of nitrogens with one attached hydrogen (secondary N) is 1. The van der Waals surface area contributed by atoms with Crippen LogP contribution in [-0.2, 0) is 0 Å². The largest absolute Gasteiger partial charge is 0.508 e. The maximum atomic E-state index is 11.7. The molecule has 0 fully saturated rings. The number of carbonyl (C=O) groups excluding carboxylic acids is 1. The summed E-state index contributed by atoms with van der Waals surface area (Å²) in [5.41, 5.74) is 0.408. The molecule has 2 rings (SSSR count). The second-order valence-electron chi connectivity index (χ2n) is 3.33. The van der Waals surface area contributed by atoms with Crippen molar-refractivity contribution in [1.82, 2.24) is 4.37 Å². The van der Waals surface area contributed by atoms with Crippen molar-refractivity contribution >= 4 is 23.3 Å². The number of benzene rings is 1. The lowest BCUT2D eigenvalue weighted by Gasteiger charge is -2.01. The second kappa shape index (κ2) is 4.32. The molecular formula is C11H10N2O2S. The highest BCUT2D eigenvalue weighted by molar-refractivity contribution is 7.06. The minimum absolute atomic E-state index is 0.0714. The van der Waals surface area contributed by atoms with Gasteiger partial charge in [-0.05, 0) is 42.7 Å². The molecule has 1 heterocycles.